The van der Waals surface area contributed by atoms with Gasteiger partial charge in [-0.3, -0.25) is 9.69 Å². The van der Waals surface area contributed by atoms with Crippen LogP contribution in [-0.4, -0.2) is 30.2 Å². The Balaban J connectivity index is 1.47. The number of carbonyl (C=O) groups is 1. The maximum absolute atomic E-state index is 12.6. The number of nitrogens with zero attached hydrogens (tertiary/aromatic N) is 1. The van der Waals surface area contributed by atoms with Crippen LogP contribution in [0.15, 0.2) is 40.6 Å². The Morgan fingerprint density at radius 1 is 1.33 bits per heavy atom. The van der Waals surface area contributed by atoms with Crippen LogP contribution < -0.4 is 5.32 Å². The number of hydrogen-bond acceptors (Lipinski definition) is 4. The van der Waals surface area contributed by atoms with E-state index in [1.54, 1.807) is 11.8 Å². The van der Waals surface area contributed by atoms with Crippen LogP contribution in [-0.2, 0) is 11.2 Å². The summed E-state index contributed by atoms with van der Waals surface area (Å²) in [6, 6.07) is 10.7. The summed E-state index contributed by atoms with van der Waals surface area (Å²) in [5.74, 6) is 0.839. The van der Waals surface area contributed by atoms with E-state index in [9.17, 15) is 4.79 Å². The molecule has 1 N–H and O–H groups in total. The topological polar surface area (TPSA) is 32.3 Å². The average molecular weight is 359 g/mol. The molecular weight excluding hydrogens is 336 g/mol. The molecule has 3 nitrogen and oxygen atoms in total. The second kappa shape index (κ2) is 6.90. The van der Waals surface area contributed by atoms with Gasteiger partial charge in [0.05, 0.1) is 12.2 Å². The third-order valence-electron chi connectivity index (χ3n) is 4.91. The van der Waals surface area contributed by atoms with Gasteiger partial charge in [-0.1, -0.05) is 12.1 Å². The molecule has 2 heterocycles. The van der Waals surface area contributed by atoms with Gasteiger partial charge in [-0.05, 0) is 60.6 Å². The Bertz CT molecular complexity index is 738. The van der Waals surface area contributed by atoms with E-state index >= 15 is 0 Å². The predicted molar refractivity (Wildman–Crippen MR) is 102 cm³/mol. The number of rotatable bonds is 5. The molecule has 126 valence electrons. The fraction of sp³-hybridized carbons (Fsp3) is 0.421. The Morgan fingerprint density at radius 3 is 2.96 bits per heavy atom. The quantitative estimate of drug-likeness (QED) is 0.803. The largest absolute Gasteiger partial charge is 0.324 e. The van der Waals surface area contributed by atoms with Crippen molar-refractivity contribution in [2.24, 2.45) is 5.92 Å². The van der Waals surface area contributed by atoms with Gasteiger partial charge in [0.25, 0.3) is 0 Å². The van der Waals surface area contributed by atoms with Crippen molar-refractivity contribution in [3.63, 3.8) is 0 Å². The van der Waals surface area contributed by atoms with Crippen molar-refractivity contribution in [2.75, 3.05) is 24.7 Å². The number of thioether (sulfide) groups is 1. The summed E-state index contributed by atoms with van der Waals surface area (Å²) in [6.45, 7) is 1.48. The van der Waals surface area contributed by atoms with Crippen LogP contribution in [0.2, 0.25) is 0 Å². The molecule has 0 saturated heterocycles. The molecule has 0 radical (unpaired) electrons. The number of anilines is 1. The molecule has 1 atom stereocenters. The number of nitrogens with one attached hydrogen (secondary N) is 1. The highest BCUT2D eigenvalue weighted by Crippen LogP contribution is 2.48. The van der Waals surface area contributed by atoms with Gasteiger partial charge in [-0.25, -0.2) is 0 Å². The highest BCUT2D eigenvalue weighted by molar-refractivity contribution is 7.98. The number of carbonyl (C=O) groups excluding carboxylic acids is 1. The van der Waals surface area contributed by atoms with E-state index in [1.165, 1.54) is 23.3 Å². The molecule has 0 bridgehead atoms. The third-order valence-corrected chi connectivity index (χ3v) is 6.71. The maximum atomic E-state index is 12.6. The third kappa shape index (κ3) is 3.25. The molecule has 1 aliphatic carbocycles. The van der Waals surface area contributed by atoms with Crippen molar-refractivity contribution >= 4 is 34.7 Å². The van der Waals surface area contributed by atoms with Crippen LogP contribution in [0.25, 0.3) is 0 Å². The lowest BCUT2D eigenvalue weighted by Crippen LogP contribution is -2.41. The Kier molecular flexibility index (Phi) is 4.66. The molecule has 24 heavy (non-hydrogen) atoms. The summed E-state index contributed by atoms with van der Waals surface area (Å²) in [4.78, 5) is 17.7. The zero-order chi connectivity index (χ0) is 16.5. The second-order valence-corrected chi connectivity index (χ2v) is 8.40. The van der Waals surface area contributed by atoms with E-state index in [0.717, 1.165) is 29.5 Å². The SMILES string of the molecule is CSc1ccccc1NC(=O)CN1CCc2sccc2[C@H]1C1CC1. The predicted octanol–water partition coefficient (Wildman–Crippen LogP) is 4.42. The fourth-order valence-corrected chi connectivity index (χ4v) is 5.13. The van der Waals surface area contributed by atoms with Gasteiger partial charge < -0.3 is 5.32 Å². The average Bonchev–Trinajstić information content (AvgIpc) is 3.31. The molecule has 1 aromatic carbocycles. The maximum Gasteiger partial charge on any atom is 0.238 e. The van der Waals surface area contributed by atoms with Gasteiger partial charge in [0.15, 0.2) is 0 Å². The molecule has 0 spiro atoms. The molecular formula is C19H22N2OS2. The summed E-state index contributed by atoms with van der Waals surface area (Å²) in [6.07, 6.45) is 5.71. The van der Waals surface area contributed by atoms with Crippen LogP contribution in [0.5, 0.6) is 0 Å². The smallest absolute Gasteiger partial charge is 0.238 e. The molecule has 1 aromatic heterocycles. The minimum atomic E-state index is 0.0980. The first-order valence-electron chi connectivity index (χ1n) is 8.49. The minimum absolute atomic E-state index is 0.0980. The van der Waals surface area contributed by atoms with Crippen LogP contribution in [0, 0.1) is 5.92 Å². The molecule has 1 aliphatic heterocycles. The monoisotopic (exact) mass is 358 g/mol. The molecule has 1 fully saturated rings. The van der Waals surface area contributed by atoms with Gasteiger partial charge in [-0.2, -0.15) is 0 Å². The minimum Gasteiger partial charge on any atom is -0.324 e. The van der Waals surface area contributed by atoms with Crippen LogP contribution in [0.4, 0.5) is 5.69 Å². The Labute approximate surface area is 151 Å². The first-order valence-corrected chi connectivity index (χ1v) is 10.6. The van der Waals surface area contributed by atoms with E-state index in [0.29, 0.717) is 12.6 Å². The standard InChI is InChI=1S/C19H22N2OS2/c1-23-17-5-3-2-4-15(17)20-18(22)12-21-10-8-16-14(9-11-24-16)19(21)13-6-7-13/h2-5,9,11,13,19H,6-8,10,12H2,1H3,(H,20,22)/t19-/m1/s1. The van der Waals surface area contributed by atoms with Gasteiger partial charge >= 0.3 is 0 Å². The zero-order valence-electron chi connectivity index (χ0n) is 13.8. The lowest BCUT2D eigenvalue weighted by molar-refractivity contribution is -0.118. The zero-order valence-corrected chi connectivity index (χ0v) is 15.5. The summed E-state index contributed by atoms with van der Waals surface area (Å²) >= 11 is 3.54. The molecule has 1 saturated carbocycles. The van der Waals surface area contributed by atoms with Gasteiger partial charge in [0.1, 0.15) is 0 Å². The molecule has 2 aromatic rings. The summed E-state index contributed by atoms with van der Waals surface area (Å²) < 4.78 is 0. The summed E-state index contributed by atoms with van der Waals surface area (Å²) in [5, 5.41) is 5.31. The van der Waals surface area contributed by atoms with Crippen LogP contribution in [0.3, 0.4) is 0 Å². The molecule has 4 rings (SSSR count). The lowest BCUT2D eigenvalue weighted by Gasteiger charge is -2.35. The van der Waals surface area contributed by atoms with Crippen molar-refractivity contribution in [1.29, 1.82) is 0 Å². The lowest BCUT2D eigenvalue weighted by atomic mass is 9.96. The van der Waals surface area contributed by atoms with E-state index in [-0.39, 0.29) is 5.91 Å². The van der Waals surface area contributed by atoms with Crippen molar-refractivity contribution in [3.05, 3.63) is 46.2 Å². The van der Waals surface area contributed by atoms with Gasteiger partial charge in [0.2, 0.25) is 5.91 Å². The van der Waals surface area contributed by atoms with Crippen molar-refractivity contribution in [3.8, 4) is 0 Å². The van der Waals surface area contributed by atoms with E-state index in [2.05, 4.69) is 21.7 Å². The number of thiophene rings is 1. The number of hydrogen-bond donors (Lipinski definition) is 1. The van der Waals surface area contributed by atoms with Crippen LogP contribution >= 0.6 is 23.1 Å². The Morgan fingerprint density at radius 2 is 2.17 bits per heavy atom. The highest BCUT2D eigenvalue weighted by atomic mass is 32.2. The first-order chi connectivity index (χ1) is 11.8. The second-order valence-electron chi connectivity index (χ2n) is 6.55. The fourth-order valence-electron chi connectivity index (χ4n) is 3.66. The number of amides is 1. The summed E-state index contributed by atoms with van der Waals surface area (Å²) in [5.41, 5.74) is 2.40. The molecule has 1 amide bonds. The van der Waals surface area contributed by atoms with E-state index in [4.69, 9.17) is 0 Å². The number of fused-ring (bicyclic) bond motifs is 1. The molecule has 5 heteroatoms. The summed E-state index contributed by atoms with van der Waals surface area (Å²) in [7, 11) is 0. The van der Waals surface area contributed by atoms with Crippen molar-refractivity contribution < 1.29 is 4.79 Å². The van der Waals surface area contributed by atoms with E-state index in [1.807, 2.05) is 41.9 Å². The number of benzene rings is 1. The van der Waals surface area contributed by atoms with Crippen molar-refractivity contribution in [2.45, 2.75) is 30.2 Å². The normalized spacial score (nSPS) is 20.6. The van der Waals surface area contributed by atoms with Crippen LogP contribution in [0.1, 0.15) is 29.3 Å². The Hall–Kier alpha value is -1.30. The highest BCUT2D eigenvalue weighted by Gasteiger charge is 2.40. The molecule has 0 unspecified atom stereocenters. The number of para-hydroxylation sites is 1. The first kappa shape index (κ1) is 16.2. The van der Waals surface area contributed by atoms with Gasteiger partial charge in [-0.15, -0.1) is 23.1 Å². The molecule has 2 aliphatic rings. The van der Waals surface area contributed by atoms with E-state index < -0.39 is 0 Å². The van der Waals surface area contributed by atoms with Gasteiger partial charge in [0, 0.05) is 22.4 Å². The van der Waals surface area contributed by atoms with Crippen molar-refractivity contribution in [1.82, 2.24) is 4.90 Å².